The third-order valence-corrected chi connectivity index (χ3v) is 2.25. The molecule has 1 N–H and O–H groups in total. The fourth-order valence-corrected chi connectivity index (χ4v) is 1.49. The van der Waals surface area contributed by atoms with Crippen molar-refractivity contribution in [2.75, 3.05) is 0 Å². The average molecular weight is 213 g/mol. The van der Waals surface area contributed by atoms with Crippen LogP contribution < -0.4 is 0 Å². The molecule has 0 fully saturated rings. The molecule has 0 aliphatic heterocycles. The van der Waals surface area contributed by atoms with Gasteiger partial charge in [0.1, 0.15) is 11.6 Å². The number of phenolic OH excluding ortho intramolecular Hbond substituents is 1. The second kappa shape index (κ2) is 4.03. The van der Waals surface area contributed by atoms with E-state index < -0.39 is 5.82 Å². The molecule has 0 aromatic heterocycles. The Hall–Kier alpha value is -2.34. The summed E-state index contributed by atoms with van der Waals surface area (Å²) in [7, 11) is 0. The van der Waals surface area contributed by atoms with Crippen LogP contribution in [0.2, 0.25) is 0 Å². The van der Waals surface area contributed by atoms with Gasteiger partial charge in [0.15, 0.2) is 0 Å². The maximum absolute atomic E-state index is 13.5. The Kier molecular flexibility index (Phi) is 2.57. The first-order valence-electron chi connectivity index (χ1n) is 4.70. The zero-order valence-electron chi connectivity index (χ0n) is 8.31. The summed E-state index contributed by atoms with van der Waals surface area (Å²) in [6.45, 7) is 0. The third-order valence-electron chi connectivity index (χ3n) is 2.25. The summed E-state index contributed by atoms with van der Waals surface area (Å²) in [4.78, 5) is 0. The van der Waals surface area contributed by atoms with Crippen molar-refractivity contribution >= 4 is 0 Å². The highest BCUT2D eigenvalue weighted by Gasteiger charge is 2.06. The van der Waals surface area contributed by atoms with Crippen LogP contribution in [0.4, 0.5) is 4.39 Å². The average Bonchev–Trinajstić information content (AvgIpc) is 2.30. The molecule has 0 saturated carbocycles. The summed E-state index contributed by atoms with van der Waals surface area (Å²) in [5, 5.41) is 18.0. The maximum atomic E-state index is 13.5. The first-order chi connectivity index (χ1) is 7.70. The van der Waals surface area contributed by atoms with Gasteiger partial charge in [0, 0.05) is 5.56 Å². The van der Waals surface area contributed by atoms with Gasteiger partial charge in [0.05, 0.1) is 11.6 Å². The molecule has 0 atom stereocenters. The Balaban J connectivity index is 2.60. The number of aromatic hydroxyl groups is 1. The Labute approximate surface area is 92.2 Å². The predicted molar refractivity (Wildman–Crippen MR) is 58.2 cm³/mol. The number of phenols is 1. The number of halogens is 1. The molecule has 3 heteroatoms. The lowest BCUT2D eigenvalue weighted by Gasteiger charge is -2.04. The molecule has 0 heterocycles. The largest absolute Gasteiger partial charge is 0.508 e. The summed E-state index contributed by atoms with van der Waals surface area (Å²) < 4.78 is 13.5. The summed E-state index contributed by atoms with van der Waals surface area (Å²) in [5.74, 6) is -0.344. The summed E-state index contributed by atoms with van der Waals surface area (Å²) in [6.07, 6.45) is 0. The zero-order chi connectivity index (χ0) is 11.5. The van der Waals surface area contributed by atoms with Crippen molar-refractivity contribution < 1.29 is 9.50 Å². The minimum Gasteiger partial charge on any atom is -0.508 e. The molecule has 0 amide bonds. The minimum absolute atomic E-state index is 0.0688. The van der Waals surface area contributed by atoms with Gasteiger partial charge in [-0.1, -0.05) is 12.1 Å². The van der Waals surface area contributed by atoms with Gasteiger partial charge >= 0.3 is 0 Å². The molecule has 0 unspecified atom stereocenters. The Bertz CT molecular complexity index is 572. The van der Waals surface area contributed by atoms with Gasteiger partial charge in [-0.2, -0.15) is 5.26 Å². The number of rotatable bonds is 1. The van der Waals surface area contributed by atoms with E-state index >= 15 is 0 Å². The number of benzene rings is 2. The monoisotopic (exact) mass is 213 g/mol. The SMILES string of the molecule is N#Cc1ccc(F)c(-c2cccc(O)c2)c1. The van der Waals surface area contributed by atoms with Crippen LogP contribution in [0.5, 0.6) is 5.75 Å². The smallest absolute Gasteiger partial charge is 0.131 e. The van der Waals surface area contributed by atoms with E-state index in [0.717, 1.165) is 0 Å². The van der Waals surface area contributed by atoms with Gasteiger partial charge in [0.25, 0.3) is 0 Å². The van der Waals surface area contributed by atoms with Crippen LogP contribution in [0, 0.1) is 17.1 Å². The quantitative estimate of drug-likeness (QED) is 0.791. The van der Waals surface area contributed by atoms with Gasteiger partial charge in [-0.25, -0.2) is 4.39 Å². The van der Waals surface area contributed by atoms with Gasteiger partial charge in [0.2, 0.25) is 0 Å². The molecule has 0 saturated heterocycles. The Morgan fingerprint density at radius 1 is 1.12 bits per heavy atom. The highest BCUT2D eigenvalue weighted by atomic mass is 19.1. The molecular formula is C13H8FNO. The van der Waals surface area contributed by atoms with Crippen molar-refractivity contribution in [2.24, 2.45) is 0 Å². The number of nitrogens with zero attached hydrogens (tertiary/aromatic N) is 1. The van der Waals surface area contributed by atoms with Crippen molar-refractivity contribution in [3.05, 3.63) is 53.8 Å². The van der Waals surface area contributed by atoms with Gasteiger partial charge < -0.3 is 5.11 Å². The predicted octanol–water partition coefficient (Wildman–Crippen LogP) is 3.07. The summed E-state index contributed by atoms with van der Waals surface area (Å²) in [5.41, 5.74) is 1.25. The van der Waals surface area contributed by atoms with Crippen LogP contribution in [0.15, 0.2) is 42.5 Å². The van der Waals surface area contributed by atoms with E-state index in [4.69, 9.17) is 5.26 Å². The molecule has 78 valence electrons. The molecule has 2 aromatic rings. The maximum Gasteiger partial charge on any atom is 0.131 e. The number of nitriles is 1. The van der Waals surface area contributed by atoms with Crippen LogP contribution in [0.25, 0.3) is 11.1 Å². The van der Waals surface area contributed by atoms with E-state index in [1.807, 2.05) is 6.07 Å². The highest BCUT2D eigenvalue weighted by molar-refractivity contribution is 5.67. The molecule has 2 aromatic carbocycles. The molecule has 2 rings (SSSR count). The van der Waals surface area contributed by atoms with Crippen molar-refractivity contribution in [3.8, 4) is 22.9 Å². The molecule has 0 radical (unpaired) electrons. The number of hydrogen-bond acceptors (Lipinski definition) is 2. The Morgan fingerprint density at radius 3 is 2.62 bits per heavy atom. The van der Waals surface area contributed by atoms with E-state index in [-0.39, 0.29) is 5.75 Å². The molecule has 0 bridgehead atoms. The van der Waals surface area contributed by atoms with Gasteiger partial charge in [-0.3, -0.25) is 0 Å². The normalized spacial score (nSPS) is 9.75. The topological polar surface area (TPSA) is 44.0 Å². The highest BCUT2D eigenvalue weighted by Crippen LogP contribution is 2.26. The van der Waals surface area contributed by atoms with Crippen LogP contribution in [0.1, 0.15) is 5.56 Å². The van der Waals surface area contributed by atoms with E-state index in [9.17, 15) is 9.50 Å². The van der Waals surface area contributed by atoms with Crippen LogP contribution >= 0.6 is 0 Å². The first kappa shape index (κ1) is 10.2. The minimum atomic E-state index is -0.412. The lowest BCUT2D eigenvalue weighted by Crippen LogP contribution is -1.86. The van der Waals surface area contributed by atoms with Crippen molar-refractivity contribution in [1.29, 1.82) is 5.26 Å². The van der Waals surface area contributed by atoms with E-state index in [2.05, 4.69) is 0 Å². The molecule has 2 nitrogen and oxygen atoms in total. The first-order valence-corrected chi connectivity index (χ1v) is 4.70. The molecule has 0 aliphatic rings. The standard InChI is InChI=1S/C13H8FNO/c14-13-5-4-9(8-15)6-12(13)10-2-1-3-11(16)7-10/h1-7,16H. The van der Waals surface area contributed by atoms with Crippen molar-refractivity contribution in [1.82, 2.24) is 0 Å². The lowest BCUT2D eigenvalue weighted by molar-refractivity contribution is 0.475. The van der Waals surface area contributed by atoms with Gasteiger partial charge in [-0.05, 0) is 35.9 Å². The van der Waals surface area contributed by atoms with E-state index in [0.29, 0.717) is 16.7 Å². The van der Waals surface area contributed by atoms with E-state index in [1.165, 1.54) is 30.3 Å². The molecule has 0 spiro atoms. The number of hydrogen-bond donors (Lipinski definition) is 1. The lowest BCUT2D eigenvalue weighted by atomic mass is 10.0. The fourth-order valence-electron chi connectivity index (χ4n) is 1.49. The van der Waals surface area contributed by atoms with Crippen molar-refractivity contribution in [3.63, 3.8) is 0 Å². The van der Waals surface area contributed by atoms with E-state index in [1.54, 1.807) is 12.1 Å². The second-order valence-corrected chi connectivity index (χ2v) is 3.36. The van der Waals surface area contributed by atoms with Gasteiger partial charge in [-0.15, -0.1) is 0 Å². The Morgan fingerprint density at radius 2 is 1.94 bits per heavy atom. The fraction of sp³-hybridized carbons (Fsp3) is 0. The molecule has 16 heavy (non-hydrogen) atoms. The zero-order valence-corrected chi connectivity index (χ0v) is 8.31. The van der Waals surface area contributed by atoms with Crippen molar-refractivity contribution in [2.45, 2.75) is 0 Å². The van der Waals surface area contributed by atoms with Crippen LogP contribution in [-0.2, 0) is 0 Å². The summed E-state index contributed by atoms with van der Waals surface area (Å²) >= 11 is 0. The summed E-state index contributed by atoms with van der Waals surface area (Å²) in [6, 6.07) is 12.4. The third kappa shape index (κ3) is 1.86. The molecule has 0 aliphatic carbocycles. The van der Waals surface area contributed by atoms with Crippen LogP contribution in [-0.4, -0.2) is 5.11 Å². The molecular weight excluding hydrogens is 205 g/mol. The van der Waals surface area contributed by atoms with Crippen LogP contribution in [0.3, 0.4) is 0 Å². The second-order valence-electron chi connectivity index (χ2n) is 3.36.